The van der Waals surface area contributed by atoms with Gasteiger partial charge in [-0.25, -0.2) is 0 Å². The van der Waals surface area contributed by atoms with E-state index in [0.29, 0.717) is 19.4 Å². The van der Waals surface area contributed by atoms with Crippen LogP contribution in [0.2, 0.25) is 0 Å². The van der Waals surface area contributed by atoms with Crippen LogP contribution < -0.4 is 5.32 Å². The maximum absolute atomic E-state index is 12.1. The Morgan fingerprint density at radius 3 is 2.50 bits per heavy atom. The minimum absolute atomic E-state index is 0.0851. The third-order valence-corrected chi connectivity index (χ3v) is 4.78. The van der Waals surface area contributed by atoms with Crippen molar-refractivity contribution in [2.24, 2.45) is 11.8 Å². The second-order valence-corrected chi connectivity index (χ2v) is 6.19. The first kappa shape index (κ1) is 15.3. The van der Waals surface area contributed by atoms with Crippen molar-refractivity contribution in [2.75, 3.05) is 6.61 Å². The van der Waals surface area contributed by atoms with E-state index in [0.717, 1.165) is 25.7 Å². The van der Waals surface area contributed by atoms with Crippen molar-refractivity contribution in [3.05, 3.63) is 0 Å². The number of carboxylic acids is 1. The molecule has 114 valence electrons. The van der Waals surface area contributed by atoms with Crippen LogP contribution in [0.5, 0.6) is 0 Å². The monoisotopic (exact) mass is 283 g/mol. The molecule has 1 amide bonds. The molecular weight excluding hydrogens is 258 g/mol. The number of hydrogen-bond donors (Lipinski definition) is 2. The molecule has 2 rings (SSSR count). The summed E-state index contributed by atoms with van der Waals surface area (Å²) in [5.74, 6) is -0.793. The number of ether oxygens (including phenoxy) is 1. The zero-order valence-electron chi connectivity index (χ0n) is 12.4. The topological polar surface area (TPSA) is 75.6 Å². The number of rotatable bonds is 5. The Kier molecular flexibility index (Phi) is 4.68. The van der Waals surface area contributed by atoms with Gasteiger partial charge in [-0.1, -0.05) is 13.8 Å². The van der Waals surface area contributed by atoms with Crippen LogP contribution in [0.4, 0.5) is 0 Å². The van der Waals surface area contributed by atoms with Gasteiger partial charge < -0.3 is 15.2 Å². The molecular formula is C15H25NO4. The lowest BCUT2D eigenvalue weighted by Crippen LogP contribution is -2.56. The molecule has 1 aliphatic carbocycles. The Bertz CT molecular complexity index is 372. The zero-order chi connectivity index (χ0) is 14.8. The quantitative estimate of drug-likeness (QED) is 0.808. The van der Waals surface area contributed by atoms with Crippen LogP contribution in [-0.4, -0.2) is 35.2 Å². The van der Waals surface area contributed by atoms with Crippen molar-refractivity contribution >= 4 is 11.9 Å². The van der Waals surface area contributed by atoms with Crippen molar-refractivity contribution in [1.82, 2.24) is 5.32 Å². The number of carbonyl (C=O) groups is 2. The average molecular weight is 283 g/mol. The van der Waals surface area contributed by atoms with Gasteiger partial charge in [-0.05, 0) is 38.5 Å². The highest BCUT2D eigenvalue weighted by molar-refractivity contribution is 5.78. The number of hydrogen-bond acceptors (Lipinski definition) is 3. The summed E-state index contributed by atoms with van der Waals surface area (Å²) in [5, 5.41) is 12.1. The smallest absolute Gasteiger partial charge is 0.306 e. The summed E-state index contributed by atoms with van der Waals surface area (Å²) in [6, 6.07) is 0.131. The Morgan fingerprint density at radius 1 is 1.30 bits per heavy atom. The van der Waals surface area contributed by atoms with Crippen molar-refractivity contribution in [3.8, 4) is 0 Å². The van der Waals surface area contributed by atoms with Gasteiger partial charge in [0.15, 0.2) is 0 Å². The van der Waals surface area contributed by atoms with Gasteiger partial charge in [0.05, 0.1) is 11.5 Å². The molecule has 1 unspecified atom stereocenters. The highest BCUT2D eigenvalue weighted by Crippen LogP contribution is 2.46. The van der Waals surface area contributed by atoms with E-state index in [1.807, 2.05) is 13.8 Å². The van der Waals surface area contributed by atoms with Crippen LogP contribution in [0, 0.1) is 11.8 Å². The number of carbonyl (C=O) groups excluding carboxylic acids is 1. The highest BCUT2D eigenvalue weighted by atomic mass is 16.5. The van der Waals surface area contributed by atoms with Gasteiger partial charge in [-0.15, -0.1) is 0 Å². The van der Waals surface area contributed by atoms with Crippen LogP contribution in [0.3, 0.4) is 0 Å². The molecule has 1 saturated carbocycles. The van der Waals surface area contributed by atoms with E-state index in [9.17, 15) is 9.59 Å². The molecule has 5 heteroatoms. The predicted molar refractivity (Wildman–Crippen MR) is 74.3 cm³/mol. The summed E-state index contributed by atoms with van der Waals surface area (Å²) in [4.78, 5) is 23.0. The Labute approximate surface area is 120 Å². The maximum Gasteiger partial charge on any atom is 0.306 e. The van der Waals surface area contributed by atoms with Gasteiger partial charge in [0.2, 0.25) is 5.91 Å². The van der Waals surface area contributed by atoms with Crippen molar-refractivity contribution < 1.29 is 19.4 Å². The molecule has 0 aromatic rings. The minimum Gasteiger partial charge on any atom is -0.481 e. The lowest BCUT2D eigenvalue weighted by molar-refractivity contribution is -0.182. The van der Waals surface area contributed by atoms with Gasteiger partial charge in [-0.2, -0.15) is 0 Å². The first-order chi connectivity index (χ1) is 9.49. The summed E-state index contributed by atoms with van der Waals surface area (Å²) in [5.41, 5.74) is -0.298. The SMILES string of the molecule is CCC(CC)C(=O)NC1CCOC2(C1)CC(C(=O)O)C2. The molecule has 0 radical (unpaired) electrons. The largest absolute Gasteiger partial charge is 0.481 e. The number of nitrogens with one attached hydrogen (secondary N) is 1. The summed E-state index contributed by atoms with van der Waals surface area (Å²) in [6.45, 7) is 4.67. The molecule has 2 fully saturated rings. The van der Waals surface area contributed by atoms with E-state index in [1.165, 1.54) is 0 Å². The van der Waals surface area contributed by atoms with Gasteiger partial charge in [0.1, 0.15) is 0 Å². The Balaban J connectivity index is 1.86. The molecule has 20 heavy (non-hydrogen) atoms. The molecule has 0 aromatic heterocycles. The molecule has 0 aromatic carbocycles. The van der Waals surface area contributed by atoms with Crippen LogP contribution >= 0.6 is 0 Å². The molecule has 5 nitrogen and oxygen atoms in total. The summed E-state index contributed by atoms with van der Waals surface area (Å²) < 4.78 is 5.79. The van der Waals surface area contributed by atoms with E-state index in [4.69, 9.17) is 9.84 Å². The van der Waals surface area contributed by atoms with E-state index in [2.05, 4.69) is 5.32 Å². The average Bonchev–Trinajstić information content (AvgIpc) is 2.37. The maximum atomic E-state index is 12.1. The standard InChI is InChI=1S/C15H25NO4/c1-3-10(4-2)13(17)16-12-5-6-20-15(9-12)7-11(8-15)14(18)19/h10-12H,3-9H2,1-2H3,(H,16,17)(H,18,19). The van der Waals surface area contributed by atoms with E-state index in [1.54, 1.807) is 0 Å². The van der Waals surface area contributed by atoms with Crippen LogP contribution in [0.1, 0.15) is 52.4 Å². The molecule has 1 saturated heterocycles. The zero-order valence-corrected chi connectivity index (χ0v) is 12.4. The Hall–Kier alpha value is -1.10. The summed E-state index contributed by atoms with van der Waals surface area (Å²) in [6.07, 6.45) is 4.46. The summed E-state index contributed by atoms with van der Waals surface area (Å²) in [7, 11) is 0. The lowest BCUT2D eigenvalue weighted by Gasteiger charge is -2.50. The molecule has 2 aliphatic rings. The molecule has 1 aliphatic heterocycles. The van der Waals surface area contributed by atoms with Gasteiger partial charge in [0.25, 0.3) is 0 Å². The van der Waals surface area contributed by atoms with Crippen LogP contribution in [0.25, 0.3) is 0 Å². The van der Waals surface area contributed by atoms with Crippen LogP contribution in [-0.2, 0) is 14.3 Å². The van der Waals surface area contributed by atoms with Gasteiger partial charge in [-0.3, -0.25) is 9.59 Å². The highest BCUT2D eigenvalue weighted by Gasteiger charge is 2.51. The first-order valence-corrected chi connectivity index (χ1v) is 7.67. The van der Waals surface area contributed by atoms with Gasteiger partial charge in [0, 0.05) is 18.6 Å². The summed E-state index contributed by atoms with van der Waals surface area (Å²) >= 11 is 0. The predicted octanol–water partition coefficient (Wildman–Crippen LogP) is 1.95. The van der Waals surface area contributed by atoms with Crippen LogP contribution in [0.15, 0.2) is 0 Å². The third kappa shape index (κ3) is 3.14. The molecule has 2 N–H and O–H groups in total. The fourth-order valence-corrected chi connectivity index (χ4v) is 3.43. The molecule has 0 bridgehead atoms. The molecule has 1 heterocycles. The number of carboxylic acid groups (broad SMARTS) is 1. The first-order valence-electron chi connectivity index (χ1n) is 7.67. The van der Waals surface area contributed by atoms with Crippen molar-refractivity contribution in [3.63, 3.8) is 0 Å². The number of aliphatic carboxylic acids is 1. The molecule has 1 spiro atoms. The fourth-order valence-electron chi connectivity index (χ4n) is 3.43. The van der Waals surface area contributed by atoms with E-state index < -0.39 is 5.97 Å². The third-order valence-electron chi connectivity index (χ3n) is 4.78. The minimum atomic E-state index is -0.734. The number of amides is 1. The normalized spacial score (nSPS) is 33.0. The van der Waals surface area contributed by atoms with Gasteiger partial charge >= 0.3 is 5.97 Å². The van der Waals surface area contributed by atoms with Crippen molar-refractivity contribution in [2.45, 2.75) is 64.0 Å². The van der Waals surface area contributed by atoms with Crippen molar-refractivity contribution in [1.29, 1.82) is 0 Å². The second kappa shape index (κ2) is 6.12. The second-order valence-electron chi connectivity index (χ2n) is 6.19. The van der Waals surface area contributed by atoms with E-state index in [-0.39, 0.29) is 29.4 Å². The Morgan fingerprint density at radius 2 is 1.95 bits per heavy atom. The fraction of sp³-hybridized carbons (Fsp3) is 0.867. The lowest BCUT2D eigenvalue weighted by atomic mass is 9.66. The molecule has 1 atom stereocenters. The van der Waals surface area contributed by atoms with E-state index >= 15 is 0 Å².